The number of carbonyl (C=O) groups excluding carboxylic acids is 3. The van der Waals surface area contributed by atoms with Gasteiger partial charge in [-0.05, 0) is 45.2 Å². The molecule has 0 aliphatic carbocycles. The van der Waals surface area contributed by atoms with Crippen molar-refractivity contribution in [3.63, 3.8) is 0 Å². The molecule has 1 N–H and O–H groups in total. The maximum atomic E-state index is 12.6. The maximum absolute atomic E-state index is 12.6. The van der Waals surface area contributed by atoms with E-state index in [1.54, 1.807) is 26.0 Å². The van der Waals surface area contributed by atoms with Crippen molar-refractivity contribution in [3.05, 3.63) is 35.4 Å². The first-order chi connectivity index (χ1) is 12.4. The summed E-state index contributed by atoms with van der Waals surface area (Å²) in [4.78, 5) is 37.3. The first-order valence-corrected chi connectivity index (χ1v) is 8.64. The van der Waals surface area contributed by atoms with Gasteiger partial charge in [0.2, 0.25) is 5.91 Å². The van der Waals surface area contributed by atoms with E-state index in [9.17, 15) is 14.4 Å². The van der Waals surface area contributed by atoms with Crippen LogP contribution in [0.5, 0.6) is 0 Å². The van der Waals surface area contributed by atoms with E-state index in [0.717, 1.165) is 5.56 Å². The summed E-state index contributed by atoms with van der Waals surface area (Å²) in [6.45, 7) is 7.04. The lowest BCUT2D eigenvalue weighted by Gasteiger charge is -2.25. The van der Waals surface area contributed by atoms with Crippen molar-refractivity contribution in [2.75, 3.05) is 13.2 Å². The summed E-state index contributed by atoms with van der Waals surface area (Å²) in [5.74, 6) is 2.98. The lowest BCUT2D eigenvalue weighted by Crippen LogP contribution is -2.60. The number of nitrogens with one attached hydrogen (secondary N) is 1. The highest BCUT2D eigenvalue weighted by Gasteiger charge is 2.49. The van der Waals surface area contributed by atoms with E-state index >= 15 is 0 Å². The van der Waals surface area contributed by atoms with E-state index in [1.165, 1.54) is 0 Å². The minimum Gasteiger partial charge on any atom is -0.463 e. The van der Waals surface area contributed by atoms with E-state index in [4.69, 9.17) is 9.47 Å². The van der Waals surface area contributed by atoms with Crippen LogP contribution in [-0.2, 0) is 23.9 Å². The van der Waals surface area contributed by atoms with Crippen LogP contribution in [0.3, 0.4) is 0 Å². The molecule has 1 aromatic rings. The third-order valence-corrected chi connectivity index (χ3v) is 3.41. The largest absolute Gasteiger partial charge is 0.463 e. The summed E-state index contributed by atoms with van der Waals surface area (Å²) in [5, 5.41) is 2.42. The Hall–Kier alpha value is -2.81. The van der Waals surface area contributed by atoms with E-state index < -0.39 is 23.4 Å². The molecule has 0 saturated heterocycles. The number of rotatable bonds is 7. The Labute approximate surface area is 154 Å². The zero-order valence-corrected chi connectivity index (χ0v) is 15.7. The monoisotopic (exact) mass is 359 g/mol. The second kappa shape index (κ2) is 10.2. The van der Waals surface area contributed by atoms with Gasteiger partial charge < -0.3 is 14.8 Å². The van der Waals surface area contributed by atoms with Gasteiger partial charge in [0.05, 0.1) is 13.2 Å². The van der Waals surface area contributed by atoms with Gasteiger partial charge in [0, 0.05) is 12.0 Å². The Balaban J connectivity index is 3.39. The van der Waals surface area contributed by atoms with Gasteiger partial charge in [-0.15, -0.1) is 0 Å². The van der Waals surface area contributed by atoms with Gasteiger partial charge >= 0.3 is 11.9 Å². The van der Waals surface area contributed by atoms with Crippen LogP contribution in [0.1, 0.15) is 44.7 Å². The molecule has 140 valence electrons. The number of hydrogen-bond acceptors (Lipinski definition) is 5. The van der Waals surface area contributed by atoms with Crippen LogP contribution in [0.2, 0.25) is 0 Å². The summed E-state index contributed by atoms with van der Waals surface area (Å²) >= 11 is 0. The first-order valence-electron chi connectivity index (χ1n) is 8.64. The number of esters is 2. The predicted octanol–water partition coefficient (Wildman–Crippen LogP) is 2.13. The predicted molar refractivity (Wildman–Crippen MR) is 97.1 cm³/mol. The summed E-state index contributed by atoms with van der Waals surface area (Å²) in [5.41, 5.74) is -0.546. The molecule has 0 saturated carbocycles. The molecular formula is C20H25NO5. The number of aryl methyl sites for hydroxylation is 1. The molecule has 0 fully saturated rings. The molecule has 0 aliphatic heterocycles. The lowest BCUT2D eigenvalue weighted by molar-refractivity contribution is -0.164. The van der Waals surface area contributed by atoms with Gasteiger partial charge in [-0.3, -0.25) is 4.79 Å². The maximum Gasteiger partial charge on any atom is 0.356 e. The smallest absolute Gasteiger partial charge is 0.356 e. The lowest BCUT2D eigenvalue weighted by atomic mass is 9.98. The topological polar surface area (TPSA) is 81.7 Å². The van der Waals surface area contributed by atoms with Crippen LogP contribution in [0, 0.1) is 18.8 Å². The molecule has 0 aromatic heterocycles. The van der Waals surface area contributed by atoms with Crippen LogP contribution in [-0.4, -0.2) is 36.6 Å². The zero-order chi connectivity index (χ0) is 19.6. The van der Waals surface area contributed by atoms with Crippen LogP contribution in [0.15, 0.2) is 24.3 Å². The molecule has 1 amide bonds. The fraction of sp³-hybridized carbons (Fsp3) is 0.450. The summed E-state index contributed by atoms with van der Waals surface area (Å²) in [7, 11) is 0. The van der Waals surface area contributed by atoms with Gasteiger partial charge in [-0.25, -0.2) is 9.59 Å². The molecule has 1 rings (SSSR count). The number of benzene rings is 1. The van der Waals surface area contributed by atoms with E-state index in [2.05, 4.69) is 17.2 Å². The summed E-state index contributed by atoms with van der Waals surface area (Å²) in [6.07, 6.45) is 0.700. The van der Waals surface area contributed by atoms with Crippen molar-refractivity contribution in [1.29, 1.82) is 0 Å². The SMILES string of the molecule is CCCC(=O)NC(C#Cc1ccc(C)cc1)(C(=O)OCC)C(=O)OCC. The van der Waals surface area contributed by atoms with E-state index in [-0.39, 0.29) is 19.6 Å². The van der Waals surface area contributed by atoms with E-state index in [1.807, 2.05) is 26.0 Å². The number of carbonyl (C=O) groups is 3. The van der Waals surface area contributed by atoms with Crippen molar-refractivity contribution in [3.8, 4) is 11.8 Å². The first kappa shape index (κ1) is 21.2. The highest BCUT2D eigenvalue weighted by Crippen LogP contribution is 2.13. The van der Waals surface area contributed by atoms with Gasteiger partial charge in [-0.2, -0.15) is 0 Å². The molecule has 6 heteroatoms. The zero-order valence-electron chi connectivity index (χ0n) is 15.7. The van der Waals surface area contributed by atoms with Crippen molar-refractivity contribution < 1.29 is 23.9 Å². The van der Waals surface area contributed by atoms with Crippen LogP contribution in [0.25, 0.3) is 0 Å². The average Bonchev–Trinajstić information content (AvgIpc) is 2.60. The fourth-order valence-corrected chi connectivity index (χ4v) is 2.10. The third kappa shape index (κ3) is 5.62. The molecule has 0 radical (unpaired) electrons. The van der Waals surface area contributed by atoms with Gasteiger partial charge in [0.15, 0.2) is 0 Å². The average molecular weight is 359 g/mol. The minimum absolute atomic E-state index is 0.0375. The Morgan fingerprint density at radius 2 is 1.54 bits per heavy atom. The number of ether oxygens (including phenoxy) is 2. The molecular weight excluding hydrogens is 334 g/mol. The minimum atomic E-state index is -2.19. The van der Waals surface area contributed by atoms with Crippen molar-refractivity contribution in [2.24, 2.45) is 0 Å². The third-order valence-electron chi connectivity index (χ3n) is 3.41. The molecule has 1 aromatic carbocycles. The second-order valence-corrected chi connectivity index (χ2v) is 5.61. The van der Waals surface area contributed by atoms with Gasteiger partial charge in [0.1, 0.15) is 0 Å². The molecule has 0 aliphatic rings. The van der Waals surface area contributed by atoms with Crippen LogP contribution in [0.4, 0.5) is 0 Å². The Kier molecular flexibility index (Phi) is 8.36. The molecule has 26 heavy (non-hydrogen) atoms. The van der Waals surface area contributed by atoms with Gasteiger partial charge in [-0.1, -0.05) is 30.5 Å². The molecule has 0 spiro atoms. The summed E-state index contributed by atoms with van der Waals surface area (Å²) in [6, 6.07) is 7.24. The normalized spacial score (nSPS) is 10.3. The van der Waals surface area contributed by atoms with Crippen molar-refractivity contribution >= 4 is 17.8 Å². The standard InChI is InChI=1S/C20H25NO5/c1-5-8-17(22)21-20(18(23)25-6-2,19(24)26-7-3)14-13-16-11-9-15(4)10-12-16/h9-12H,5-8H2,1-4H3,(H,21,22). The fourth-order valence-electron chi connectivity index (χ4n) is 2.10. The molecule has 0 atom stereocenters. The molecule has 0 unspecified atom stereocenters. The molecule has 0 heterocycles. The Bertz CT molecular complexity index is 679. The Morgan fingerprint density at radius 1 is 1.00 bits per heavy atom. The molecule has 6 nitrogen and oxygen atoms in total. The van der Waals surface area contributed by atoms with E-state index in [0.29, 0.717) is 12.0 Å². The highest BCUT2D eigenvalue weighted by atomic mass is 16.6. The van der Waals surface area contributed by atoms with Crippen LogP contribution < -0.4 is 5.32 Å². The van der Waals surface area contributed by atoms with Crippen molar-refractivity contribution in [1.82, 2.24) is 5.32 Å². The van der Waals surface area contributed by atoms with Crippen LogP contribution >= 0.6 is 0 Å². The highest BCUT2D eigenvalue weighted by molar-refractivity contribution is 6.11. The van der Waals surface area contributed by atoms with Crippen molar-refractivity contribution in [2.45, 2.75) is 46.1 Å². The number of amides is 1. The summed E-state index contributed by atoms with van der Waals surface area (Å²) < 4.78 is 10.0. The number of hydrogen-bond donors (Lipinski definition) is 1. The second-order valence-electron chi connectivity index (χ2n) is 5.61. The molecule has 0 bridgehead atoms. The Morgan fingerprint density at radius 3 is 2.00 bits per heavy atom. The van der Waals surface area contributed by atoms with Gasteiger partial charge in [0.25, 0.3) is 5.54 Å². The quantitative estimate of drug-likeness (QED) is 0.458.